The predicted molar refractivity (Wildman–Crippen MR) is 76.1 cm³/mol. The average Bonchev–Trinajstić information content (AvgIpc) is 2.39. The van der Waals surface area contributed by atoms with E-state index in [0.717, 1.165) is 6.07 Å². The highest BCUT2D eigenvalue weighted by atomic mass is 35.5. The van der Waals surface area contributed by atoms with Gasteiger partial charge in [-0.1, -0.05) is 11.6 Å². The first kappa shape index (κ1) is 15.4. The Labute approximate surface area is 124 Å². The molecule has 0 aliphatic carbocycles. The van der Waals surface area contributed by atoms with Crippen LogP contribution in [0.5, 0.6) is 0 Å². The summed E-state index contributed by atoms with van der Waals surface area (Å²) in [5, 5.41) is 5.48. The number of aryl methyl sites for hydroxylation is 1. The van der Waals surface area contributed by atoms with Gasteiger partial charge in [0.05, 0.1) is 11.3 Å². The minimum Gasteiger partial charge on any atom is -0.373 e. The maximum Gasteiger partial charge on any atom is 0.418 e. The van der Waals surface area contributed by atoms with Crippen molar-refractivity contribution in [1.29, 1.82) is 0 Å². The van der Waals surface area contributed by atoms with Gasteiger partial charge < -0.3 is 10.6 Å². The average molecular weight is 317 g/mol. The number of benzene rings is 1. The predicted octanol–water partition coefficient (Wildman–Crippen LogP) is 4.24. The van der Waals surface area contributed by atoms with Crippen LogP contribution in [0.2, 0.25) is 5.02 Å². The van der Waals surface area contributed by atoms with Crippen LogP contribution in [0.3, 0.4) is 0 Å². The van der Waals surface area contributed by atoms with Gasteiger partial charge in [0.2, 0.25) is 0 Å². The van der Waals surface area contributed by atoms with Crippen LogP contribution < -0.4 is 10.6 Å². The molecule has 0 aliphatic rings. The van der Waals surface area contributed by atoms with Crippen molar-refractivity contribution in [2.24, 2.45) is 0 Å². The second-order valence-corrected chi connectivity index (χ2v) is 4.68. The van der Waals surface area contributed by atoms with Gasteiger partial charge in [0.15, 0.2) is 0 Å². The van der Waals surface area contributed by atoms with Gasteiger partial charge in [0, 0.05) is 18.1 Å². The Hall–Kier alpha value is -2.02. The van der Waals surface area contributed by atoms with Crippen LogP contribution in [0.25, 0.3) is 0 Å². The van der Waals surface area contributed by atoms with Crippen LogP contribution in [-0.4, -0.2) is 17.0 Å². The van der Waals surface area contributed by atoms with Crippen LogP contribution in [0.4, 0.5) is 30.5 Å². The number of nitrogens with one attached hydrogen (secondary N) is 2. The van der Waals surface area contributed by atoms with Gasteiger partial charge in [-0.3, -0.25) is 0 Å². The molecule has 2 aromatic rings. The van der Waals surface area contributed by atoms with E-state index in [1.54, 1.807) is 14.0 Å². The monoisotopic (exact) mass is 316 g/mol. The van der Waals surface area contributed by atoms with Crippen LogP contribution >= 0.6 is 11.6 Å². The molecule has 112 valence electrons. The molecule has 0 atom stereocenters. The summed E-state index contributed by atoms with van der Waals surface area (Å²) < 4.78 is 39.0. The summed E-state index contributed by atoms with van der Waals surface area (Å²) in [4.78, 5) is 8.13. The van der Waals surface area contributed by atoms with Gasteiger partial charge >= 0.3 is 6.18 Å². The lowest BCUT2D eigenvalue weighted by atomic mass is 10.1. The van der Waals surface area contributed by atoms with Gasteiger partial charge in [-0.25, -0.2) is 9.97 Å². The number of hydrogen-bond donors (Lipinski definition) is 2. The third-order valence-electron chi connectivity index (χ3n) is 2.64. The van der Waals surface area contributed by atoms with E-state index in [-0.39, 0.29) is 16.5 Å². The molecule has 0 spiro atoms. The van der Waals surface area contributed by atoms with Crippen molar-refractivity contribution in [3.63, 3.8) is 0 Å². The van der Waals surface area contributed by atoms with Crippen LogP contribution in [-0.2, 0) is 6.18 Å². The summed E-state index contributed by atoms with van der Waals surface area (Å²) in [6, 6.07) is 5.03. The number of aromatic nitrogens is 2. The van der Waals surface area contributed by atoms with E-state index in [1.165, 1.54) is 18.2 Å². The molecular weight excluding hydrogens is 305 g/mol. The third kappa shape index (κ3) is 3.75. The first-order valence-electron chi connectivity index (χ1n) is 5.97. The fourth-order valence-electron chi connectivity index (χ4n) is 1.76. The lowest BCUT2D eigenvalue weighted by Gasteiger charge is -2.15. The zero-order valence-corrected chi connectivity index (χ0v) is 12.0. The van der Waals surface area contributed by atoms with Gasteiger partial charge in [-0.15, -0.1) is 0 Å². The minimum absolute atomic E-state index is 0.0163. The maximum absolute atomic E-state index is 13.0. The molecule has 1 aromatic carbocycles. The van der Waals surface area contributed by atoms with Crippen LogP contribution in [0.1, 0.15) is 11.4 Å². The van der Waals surface area contributed by atoms with Crippen molar-refractivity contribution in [2.75, 3.05) is 17.7 Å². The molecule has 0 unspecified atom stereocenters. The Balaban J connectivity index is 2.42. The largest absolute Gasteiger partial charge is 0.418 e. The zero-order chi connectivity index (χ0) is 15.6. The molecule has 0 saturated heterocycles. The summed E-state index contributed by atoms with van der Waals surface area (Å²) >= 11 is 5.64. The lowest BCUT2D eigenvalue weighted by molar-refractivity contribution is -0.136. The zero-order valence-electron chi connectivity index (χ0n) is 11.2. The molecule has 0 aliphatic heterocycles. The van der Waals surface area contributed by atoms with Crippen molar-refractivity contribution in [1.82, 2.24) is 9.97 Å². The van der Waals surface area contributed by atoms with Gasteiger partial charge in [0.25, 0.3) is 0 Å². The molecule has 0 bridgehead atoms. The van der Waals surface area contributed by atoms with Crippen LogP contribution in [0.15, 0.2) is 24.3 Å². The fraction of sp³-hybridized carbons (Fsp3) is 0.231. The second kappa shape index (κ2) is 5.77. The molecule has 0 amide bonds. The number of rotatable bonds is 3. The summed E-state index contributed by atoms with van der Waals surface area (Å²) in [6.07, 6.45) is -4.51. The molecule has 8 heteroatoms. The van der Waals surface area contributed by atoms with Gasteiger partial charge in [-0.05, 0) is 25.1 Å². The van der Waals surface area contributed by atoms with Crippen LogP contribution in [0, 0.1) is 6.92 Å². The molecule has 1 aromatic heterocycles. The summed E-state index contributed by atoms with van der Waals surface area (Å²) in [6.45, 7) is 1.65. The van der Waals surface area contributed by atoms with Crippen molar-refractivity contribution in [3.05, 3.63) is 40.7 Å². The number of nitrogens with zero attached hydrogens (tertiary/aromatic N) is 2. The van der Waals surface area contributed by atoms with Crippen molar-refractivity contribution < 1.29 is 13.2 Å². The van der Waals surface area contributed by atoms with E-state index in [1.807, 2.05) is 0 Å². The van der Waals surface area contributed by atoms with E-state index < -0.39 is 11.7 Å². The molecule has 4 nitrogen and oxygen atoms in total. The summed E-state index contributed by atoms with van der Waals surface area (Å²) in [5.74, 6) is 1.21. The Bertz CT molecular complexity index is 658. The fourth-order valence-corrected chi connectivity index (χ4v) is 1.93. The standard InChI is InChI=1S/C13H12ClF3N4/c1-7-19-11(18-2)6-12(20-7)21-10-4-3-8(14)5-9(10)13(15,16)17/h3-6H,1-2H3,(H2,18,19,20,21). The smallest absolute Gasteiger partial charge is 0.373 e. The molecule has 21 heavy (non-hydrogen) atoms. The Kier molecular flexibility index (Phi) is 4.22. The molecule has 1 heterocycles. The van der Waals surface area contributed by atoms with Gasteiger partial charge in [-0.2, -0.15) is 13.2 Å². The lowest BCUT2D eigenvalue weighted by Crippen LogP contribution is -2.10. The first-order valence-corrected chi connectivity index (χ1v) is 6.34. The highest BCUT2D eigenvalue weighted by Crippen LogP contribution is 2.37. The molecule has 2 rings (SSSR count). The topological polar surface area (TPSA) is 49.8 Å². The second-order valence-electron chi connectivity index (χ2n) is 4.25. The Morgan fingerprint density at radius 2 is 1.76 bits per heavy atom. The molecule has 0 fully saturated rings. The highest BCUT2D eigenvalue weighted by molar-refractivity contribution is 6.30. The van der Waals surface area contributed by atoms with Gasteiger partial charge in [0.1, 0.15) is 17.5 Å². The third-order valence-corrected chi connectivity index (χ3v) is 2.88. The number of halogens is 4. The quantitative estimate of drug-likeness (QED) is 0.889. The maximum atomic E-state index is 13.0. The number of anilines is 3. The highest BCUT2D eigenvalue weighted by Gasteiger charge is 2.34. The molecular formula is C13H12ClF3N4. The molecule has 0 saturated carbocycles. The minimum atomic E-state index is -4.51. The van der Waals surface area contributed by atoms with E-state index in [4.69, 9.17) is 11.6 Å². The van der Waals surface area contributed by atoms with E-state index >= 15 is 0 Å². The Morgan fingerprint density at radius 3 is 2.38 bits per heavy atom. The SMILES string of the molecule is CNc1cc(Nc2ccc(Cl)cc2C(F)(F)F)nc(C)n1. The summed E-state index contributed by atoms with van der Waals surface area (Å²) in [5.41, 5.74) is -0.968. The summed E-state index contributed by atoms with van der Waals surface area (Å²) in [7, 11) is 1.66. The van der Waals surface area contributed by atoms with Crippen molar-refractivity contribution in [3.8, 4) is 0 Å². The number of alkyl halides is 3. The number of hydrogen-bond acceptors (Lipinski definition) is 4. The Morgan fingerprint density at radius 1 is 1.10 bits per heavy atom. The molecule has 2 N–H and O–H groups in total. The normalized spacial score (nSPS) is 11.3. The van der Waals surface area contributed by atoms with E-state index in [0.29, 0.717) is 11.6 Å². The van der Waals surface area contributed by atoms with Crippen molar-refractivity contribution >= 4 is 28.9 Å². The van der Waals surface area contributed by atoms with E-state index in [9.17, 15) is 13.2 Å². The van der Waals surface area contributed by atoms with Crippen molar-refractivity contribution in [2.45, 2.75) is 13.1 Å². The van der Waals surface area contributed by atoms with E-state index in [2.05, 4.69) is 20.6 Å². The first-order chi connectivity index (χ1) is 9.79. The molecule has 0 radical (unpaired) electrons.